The number of unbranched alkanes of at least 4 members (excludes halogenated alkanes) is 5. The summed E-state index contributed by atoms with van der Waals surface area (Å²) in [6.45, 7) is 10.2. The van der Waals surface area contributed by atoms with Crippen molar-refractivity contribution in [1.82, 2.24) is 15.0 Å². The van der Waals surface area contributed by atoms with Gasteiger partial charge in [-0.15, -0.1) is 15.0 Å². The van der Waals surface area contributed by atoms with Crippen LogP contribution in [0.3, 0.4) is 0 Å². The largest absolute Gasteiger partial charge is 0.505 e. The molecule has 0 fully saturated rings. The number of rotatable bonds is 9. The van der Waals surface area contributed by atoms with E-state index in [1.54, 1.807) is 19.1 Å². The molecule has 0 saturated heterocycles. The number of phenolic OH excluding ortho intramolecular Hbond substituents is 1. The first kappa shape index (κ1) is 27.6. The van der Waals surface area contributed by atoms with Crippen LogP contribution in [0.4, 0.5) is 0 Å². The number of hydrogen-bond acceptors (Lipinski definition) is 4. The SMILES string of the molecule is CCC(=O)O.CCCCCCCCc1cc(-n2nc3ccc(Cl)cc3n2)c(O)c(C(C)(C)C)c1. The summed E-state index contributed by atoms with van der Waals surface area (Å²) in [5.74, 6) is -0.499. The monoisotopic (exact) mass is 487 g/mol. The van der Waals surface area contributed by atoms with Gasteiger partial charge in [0, 0.05) is 17.0 Å². The number of hydrogen-bond donors (Lipinski definition) is 2. The zero-order valence-corrected chi connectivity index (χ0v) is 21.8. The van der Waals surface area contributed by atoms with Gasteiger partial charge in [-0.1, -0.05) is 84.4 Å². The van der Waals surface area contributed by atoms with E-state index in [0.717, 1.165) is 29.4 Å². The van der Waals surface area contributed by atoms with Crippen LogP contribution < -0.4 is 0 Å². The van der Waals surface area contributed by atoms with Crippen molar-refractivity contribution < 1.29 is 15.0 Å². The lowest BCUT2D eigenvalue weighted by molar-refractivity contribution is -0.136. The number of carbonyl (C=O) groups is 1. The van der Waals surface area contributed by atoms with E-state index in [1.165, 1.54) is 42.5 Å². The summed E-state index contributed by atoms with van der Waals surface area (Å²) in [7, 11) is 0. The van der Waals surface area contributed by atoms with Crippen LogP contribution in [0.5, 0.6) is 5.75 Å². The Morgan fingerprint density at radius 2 is 1.59 bits per heavy atom. The van der Waals surface area contributed by atoms with E-state index in [1.807, 2.05) is 12.1 Å². The third kappa shape index (κ3) is 8.01. The number of benzene rings is 2. The molecule has 0 aliphatic heterocycles. The molecule has 0 aliphatic rings. The molecule has 0 aliphatic carbocycles. The highest BCUT2D eigenvalue weighted by atomic mass is 35.5. The molecule has 1 heterocycles. The van der Waals surface area contributed by atoms with E-state index in [-0.39, 0.29) is 17.6 Å². The van der Waals surface area contributed by atoms with Gasteiger partial charge < -0.3 is 10.2 Å². The molecule has 0 spiro atoms. The van der Waals surface area contributed by atoms with Gasteiger partial charge in [-0.3, -0.25) is 4.79 Å². The molecule has 0 unspecified atom stereocenters. The molecule has 186 valence electrons. The van der Waals surface area contributed by atoms with Crippen molar-refractivity contribution in [3.05, 3.63) is 46.5 Å². The molecule has 0 bridgehead atoms. The number of carboxylic acid groups (broad SMARTS) is 1. The van der Waals surface area contributed by atoms with Gasteiger partial charge in [-0.05, 0) is 48.1 Å². The molecular formula is C27H38ClN3O3. The summed E-state index contributed by atoms with van der Waals surface area (Å²) in [6.07, 6.45) is 8.81. The minimum atomic E-state index is -0.745. The zero-order valence-electron chi connectivity index (χ0n) is 21.1. The van der Waals surface area contributed by atoms with Crippen LogP contribution in [-0.4, -0.2) is 31.2 Å². The van der Waals surface area contributed by atoms with Gasteiger partial charge in [-0.25, -0.2) is 0 Å². The average molecular weight is 488 g/mol. The van der Waals surface area contributed by atoms with Crippen LogP contribution in [0.25, 0.3) is 16.7 Å². The zero-order chi connectivity index (χ0) is 25.3. The topological polar surface area (TPSA) is 88.2 Å². The summed E-state index contributed by atoms with van der Waals surface area (Å²) in [4.78, 5) is 10.9. The van der Waals surface area contributed by atoms with Gasteiger partial charge in [0.25, 0.3) is 0 Å². The highest BCUT2D eigenvalue weighted by Gasteiger charge is 2.23. The highest BCUT2D eigenvalue weighted by Crippen LogP contribution is 2.36. The molecule has 7 heteroatoms. The van der Waals surface area contributed by atoms with Crippen molar-refractivity contribution in [2.24, 2.45) is 0 Å². The molecule has 1 aromatic heterocycles. The van der Waals surface area contributed by atoms with Crippen LogP contribution in [0, 0.1) is 0 Å². The lowest BCUT2D eigenvalue weighted by Gasteiger charge is -2.23. The number of aromatic hydroxyl groups is 1. The number of phenols is 1. The summed E-state index contributed by atoms with van der Waals surface area (Å²) in [5.41, 5.74) is 4.08. The minimum absolute atomic E-state index is 0.175. The Balaban J connectivity index is 0.000000739. The molecular weight excluding hydrogens is 450 g/mol. The lowest BCUT2D eigenvalue weighted by Crippen LogP contribution is -2.14. The Kier molecular flexibility index (Phi) is 10.4. The maximum Gasteiger partial charge on any atom is 0.303 e. The molecule has 0 radical (unpaired) electrons. The van der Waals surface area contributed by atoms with Crippen molar-refractivity contribution in [3.8, 4) is 11.4 Å². The summed E-state index contributed by atoms with van der Waals surface area (Å²) >= 11 is 6.09. The number of nitrogens with zero attached hydrogens (tertiary/aromatic N) is 3. The fraction of sp³-hybridized carbons (Fsp3) is 0.519. The number of fused-ring (bicyclic) bond motifs is 1. The van der Waals surface area contributed by atoms with E-state index in [2.05, 4.69) is 44.0 Å². The van der Waals surface area contributed by atoms with E-state index >= 15 is 0 Å². The van der Waals surface area contributed by atoms with Crippen molar-refractivity contribution in [2.45, 2.75) is 91.4 Å². The smallest absolute Gasteiger partial charge is 0.303 e. The quantitative estimate of drug-likeness (QED) is 0.306. The van der Waals surface area contributed by atoms with Gasteiger partial charge >= 0.3 is 5.97 Å². The second kappa shape index (κ2) is 12.7. The third-order valence-corrected chi connectivity index (χ3v) is 5.87. The van der Waals surface area contributed by atoms with Gasteiger partial charge in [0.1, 0.15) is 22.5 Å². The first-order valence-corrected chi connectivity index (χ1v) is 12.6. The van der Waals surface area contributed by atoms with E-state index < -0.39 is 5.97 Å². The van der Waals surface area contributed by atoms with Crippen LogP contribution >= 0.6 is 11.6 Å². The Labute approximate surface area is 207 Å². The van der Waals surface area contributed by atoms with Gasteiger partial charge in [-0.2, -0.15) is 0 Å². The predicted octanol–water partition coefficient (Wildman–Crippen LogP) is 7.46. The van der Waals surface area contributed by atoms with Crippen molar-refractivity contribution in [2.75, 3.05) is 0 Å². The Bertz CT molecular complexity index is 1090. The molecule has 6 nitrogen and oxygen atoms in total. The van der Waals surface area contributed by atoms with Gasteiger partial charge in [0.15, 0.2) is 0 Å². The fourth-order valence-electron chi connectivity index (χ4n) is 3.65. The van der Waals surface area contributed by atoms with Crippen molar-refractivity contribution in [1.29, 1.82) is 0 Å². The Morgan fingerprint density at radius 1 is 0.971 bits per heavy atom. The molecule has 0 saturated carbocycles. The molecule has 0 atom stereocenters. The molecule has 3 rings (SSSR count). The van der Waals surface area contributed by atoms with E-state index in [9.17, 15) is 9.90 Å². The fourth-order valence-corrected chi connectivity index (χ4v) is 3.82. The maximum atomic E-state index is 11.0. The minimum Gasteiger partial charge on any atom is -0.505 e. The summed E-state index contributed by atoms with van der Waals surface area (Å²) in [6, 6.07) is 9.62. The Morgan fingerprint density at radius 3 is 2.21 bits per heavy atom. The van der Waals surface area contributed by atoms with Gasteiger partial charge in [0.05, 0.1) is 0 Å². The number of halogens is 1. The summed E-state index contributed by atoms with van der Waals surface area (Å²) < 4.78 is 0. The van der Waals surface area contributed by atoms with E-state index in [4.69, 9.17) is 16.7 Å². The maximum absolute atomic E-state index is 11.0. The normalized spacial score (nSPS) is 11.4. The number of aryl methyl sites for hydroxylation is 1. The second-order valence-corrected chi connectivity index (χ2v) is 10.1. The molecule has 34 heavy (non-hydrogen) atoms. The summed E-state index contributed by atoms with van der Waals surface area (Å²) in [5, 5.41) is 28.5. The van der Waals surface area contributed by atoms with Crippen LogP contribution in [0.1, 0.15) is 90.7 Å². The molecule has 2 N–H and O–H groups in total. The number of aliphatic carboxylic acids is 1. The first-order chi connectivity index (χ1) is 16.1. The number of carboxylic acids is 1. The van der Waals surface area contributed by atoms with Crippen molar-refractivity contribution >= 4 is 28.6 Å². The lowest BCUT2D eigenvalue weighted by atomic mass is 9.84. The predicted molar refractivity (Wildman–Crippen MR) is 139 cm³/mol. The third-order valence-electron chi connectivity index (χ3n) is 5.64. The molecule has 0 amide bonds. The number of aromatic nitrogens is 3. The average Bonchev–Trinajstić information content (AvgIpc) is 3.19. The van der Waals surface area contributed by atoms with Gasteiger partial charge in [0.2, 0.25) is 0 Å². The van der Waals surface area contributed by atoms with Crippen LogP contribution in [0.15, 0.2) is 30.3 Å². The first-order valence-electron chi connectivity index (χ1n) is 12.2. The molecule has 2 aromatic carbocycles. The van der Waals surface area contributed by atoms with Crippen LogP contribution in [-0.2, 0) is 16.6 Å². The van der Waals surface area contributed by atoms with E-state index in [0.29, 0.717) is 10.7 Å². The molecule has 3 aromatic rings. The Hall–Kier alpha value is -2.60. The highest BCUT2D eigenvalue weighted by molar-refractivity contribution is 6.31. The van der Waals surface area contributed by atoms with Crippen LogP contribution in [0.2, 0.25) is 5.02 Å². The standard InChI is InChI=1S/C24H32ClN3O.C3H6O2/c1-5-6-7-8-9-10-11-17-14-19(24(2,3)4)23(29)22(15-17)28-26-20-13-12-18(25)16-21(20)27-28;1-2-3(4)5/h12-16,29H,5-11H2,1-4H3;2H2,1H3,(H,4,5). The second-order valence-electron chi connectivity index (χ2n) is 9.65. The van der Waals surface area contributed by atoms with Crippen molar-refractivity contribution in [3.63, 3.8) is 0 Å².